The summed E-state index contributed by atoms with van der Waals surface area (Å²) in [5.74, 6) is 1.76. The van der Waals surface area contributed by atoms with Crippen LogP contribution in [0.2, 0.25) is 0 Å². The highest BCUT2D eigenvalue weighted by molar-refractivity contribution is 5.93. The van der Waals surface area contributed by atoms with Crippen LogP contribution in [-0.4, -0.2) is 42.9 Å². The van der Waals surface area contributed by atoms with Crippen molar-refractivity contribution in [2.45, 2.75) is 43.6 Å². The molecule has 3 atom stereocenters. The lowest BCUT2D eigenvalue weighted by molar-refractivity contribution is 0.187. The van der Waals surface area contributed by atoms with E-state index in [0.29, 0.717) is 11.8 Å². The molecule has 3 aliphatic rings. The predicted octanol–water partition coefficient (Wildman–Crippen LogP) is 4.11. The number of hydrogen-bond acceptors (Lipinski definition) is 6. The molecule has 0 radical (unpaired) electrons. The lowest BCUT2D eigenvalue weighted by Crippen LogP contribution is -2.45. The zero-order valence-corrected chi connectivity index (χ0v) is 20.0. The van der Waals surface area contributed by atoms with Gasteiger partial charge in [-0.3, -0.25) is 9.50 Å². The second kappa shape index (κ2) is 7.36. The maximum atomic E-state index is 6.81. The Hall–Kier alpha value is -3.78. The highest BCUT2D eigenvalue weighted by atomic mass is 15.4. The maximum absolute atomic E-state index is 6.81. The summed E-state index contributed by atoms with van der Waals surface area (Å²) >= 11 is 0. The van der Waals surface area contributed by atoms with Crippen molar-refractivity contribution in [1.82, 2.24) is 29.8 Å². The van der Waals surface area contributed by atoms with Gasteiger partial charge in [-0.25, -0.2) is 0 Å². The Kier molecular flexibility index (Phi) is 4.18. The lowest BCUT2D eigenvalue weighted by atomic mass is 9.73. The van der Waals surface area contributed by atoms with Gasteiger partial charge >= 0.3 is 0 Å². The van der Waals surface area contributed by atoms with Crippen molar-refractivity contribution >= 4 is 22.6 Å². The normalized spacial score (nSPS) is 24.6. The Balaban J connectivity index is 1.11. The summed E-state index contributed by atoms with van der Waals surface area (Å²) in [5.41, 5.74) is 13.7. The standard InChI is InChI=1S/C28H28N8/c29-24-19-9-5-4-8-18(19)15-28(24)10-12-35(13-11-28)27-31-25-22(26-34-30-16-36(26)27)23(32-33-25)21-14-20(21)17-6-2-1-3-7-17/h1-9,16,20-21,24H,10-15,29H2,(H,32,33)/t20-,21-,24+/m0/s1. The average molecular weight is 477 g/mol. The van der Waals surface area contributed by atoms with Gasteiger partial charge in [0.15, 0.2) is 11.3 Å². The summed E-state index contributed by atoms with van der Waals surface area (Å²) in [7, 11) is 0. The number of benzene rings is 2. The molecule has 0 unspecified atom stereocenters. The topological polar surface area (TPSA) is 101 Å². The second-order valence-electron chi connectivity index (χ2n) is 10.8. The molecular weight excluding hydrogens is 448 g/mol. The number of nitrogens with zero attached hydrogens (tertiary/aromatic N) is 6. The predicted molar refractivity (Wildman–Crippen MR) is 138 cm³/mol. The van der Waals surface area contributed by atoms with Gasteiger partial charge in [-0.05, 0) is 53.7 Å². The van der Waals surface area contributed by atoms with Gasteiger partial charge in [-0.2, -0.15) is 10.1 Å². The third kappa shape index (κ3) is 2.85. The molecule has 3 N–H and O–H groups in total. The van der Waals surface area contributed by atoms with Crippen LogP contribution in [0.3, 0.4) is 0 Å². The highest BCUT2D eigenvalue weighted by Crippen LogP contribution is 2.56. The number of H-pyrrole nitrogens is 1. The number of fused-ring (bicyclic) bond motifs is 4. The number of piperidine rings is 1. The fourth-order valence-corrected chi connectivity index (χ4v) is 6.87. The number of hydrogen-bond donors (Lipinski definition) is 2. The van der Waals surface area contributed by atoms with Crippen LogP contribution in [0.15, 0.2) is 60.9 Å². The molecule has 2 fully saturated rings. The molecule has 2 aromatic carbocycles. The van der Waals surface area contributed by atoms with Gasteiger partial charge in [0, 0.05) is 25.0 Å². The Morgan fingerprint density at radius 1 is 0.972 bits per heavy atom. The van der Waals surface area contributed by atoms with Crippen molar-refractivity contribution in [2.75, 3.05) is 18.0 Å². The molecule has 1 saturated carbocycles. The van der Waals surface area contributed by atoms with Crippen LogP contribution < -0.4 is 10.6 Å². The lowest BCUT2D eigenvalue weighted by Gasteiger charge is -2.42. The quantitative estimate of drug-likeness (QED) is 0.406. The zero-order valence-electron chi connectivity index (χ0n) is 20.0. The van der Waals surface area contributed by atoms with Crippen LogP contribution in [0.25, 0.3) is 16.7 Å². The maximum Gasteiger partial charge on any atom is 0.214 e. The van der Waals surface area contributed by atoms with E-state index in [0.717, 1.165) is 67.1 Å². The van der Waals surface area contributed by atoms with Crippen molar-refractivity contribution in [2.24, 2.45) is 11.1 Å². The molecule has 1 saturated heterocycles. The first-order valence-corrected chi connectivity index (χ1v) is 12.9. The summed E-state index contributed by atoms with van der Waals surface area (Å²) in [6.07, 6.45) is 6.04. The number of nitrogens with two attached hydrogens (primary N) is 1. The van der Waals surface area contributed by atoms with E-state index >= 15 is 0 Å². The largest absolute Gasteiger partial charge is 0.342 e. The Labute approximate surface area is 208 Å². The Morgan fingerprint density at radius 3 is 2.61 bits per heavy atom. The zero-order chi connectivity index (χ0) is 23.9. The van der Waals surface area contributed by atoms with E-state index in [9.17, 15) is 0 Å². The molecule has 1 spiro atoms. The molecule has 0 bridgehead atoms. The number of nitrogens with one attached hydrogen (secondary N) is 1. The third-order valence-corrected chi connectivity index (χ3v) is 8.98. The molecule has 36 heavy (non-hydrogen) atoms. The SMILES string of the molecule is N[C@@H]1c2ccccc2CC12CCN(c1nc3[nH]nc([C@H]4C[C@H]4c4ccccc4)c3c3nncn13)CC2. The molecule has 4 heterocycles. The number of rotatable bonds is 3. The van der Waals surface area contributed by atoms with E-state index in [1.54, 1.807) is 6.33 Å². The van der Waals surface area contributed by atoms with Gasteiger partial charge in [-0.1, -0.05) is 54.6 Å². The summed E-state index contributed by atoms with van der Waals surface area (Å²) < 4.78 is 2.04. The van der Waals surface area contributed by atoms with E-state index in [4.69, 9.17) is 15.8 Å². The molecule has 8 nitrogen and oxygen atoms in total. The molecule has 0 amide bonds. The van der Waals surface area contributed by atoms with Gasteiger partial charge in [0.2, 0.25) is 5.95 Å². The fourth-order valence-electron chi connectivity index (χ4n) is 6.87. The molecule has 1 aliphatic heterocycles. The molecule has 5 aromatic rings. The van der Waals surface area contributed by atoms with Crippen LogP contribution in [0.4, 0.5) is 5.95 Å². The fraction of sp³-hybridized carbons (Fsp3) is 0.357. The minimum absolute atomic E-state index is 0.104. The van der Waals surface area contributed by atoms with E-state index in [1.165, 1.54) is 16.7 Å². The summed E-state index contributed by atoms with van der Waals surface area (Å²) in [4.78, 5) is 7.42. The molecule has 2 aliphatic carbocycles. The van der Waals surface area contributed by atoms with E-state index < -0.39 is 0 Å². The van der Waals surface area contributed by atoms with Gasteiger partial charge < -0.3 is 10.6 Å². The summed E-state index contributed by atoms with van der Waals surface area (Å²) in [5, 5.41) is 17.8. The number of aromatic amines is 1. The van der Waals surface area contributed by atoms with E-state index in [-0.39, 0.29) is 11.5 Å². The first-order chi connectivity index (χ1) is 17.7. The first kappa shape index (κ1) is 20.4. The van der Waals surface area contributed by atoms with Gasteiger partial charge in [0.1, 0.15) is 6.33 Å². The summed E-state index contributed by atoms with van der Waals surface area (Å²) in [6.45, 7) is 1.82. The highest BCUT2D eigenvalue weighted by Gasteiger charge is 2.46. The van der Waals surface area contributed by atoms with Crippen LogP contribution in [0.1, 0.15) is 59.5 Å². The van der Waals surface area contributed by atoms with Crippen LogP contribution in [-0.2, 0) is 6.42 Å². The average Bonchev–Trinajstić information content (AvgIpc) is 3.23. The van der Waals surface area contributed by atoms with Crippen molar-refractivity contribution in [3.63, 3.8) is 0 Å². The third-order valence-electron chi connectivity index (χ3n) is 8.98. The van der Waals surface area contributed by atoms with Crippen molar-refractivity contribution in [3.8, 4) is 0 Å². The van der Waals surface area contributed by atoms with Crippen LogP contribution >= 0.6 is 0 Å². The van der Waals surface area contributed by atoms with Crippen molar-refractivity contribution in [1.29, 1.82) is 0 Å². The molecule has 180 valence electrons. The second-order valence-corrected chi connectivity index (χ2v) is 10.8. The molecule has 8 heteroatoms. The van der Waals surface area contributed by atoms with Crippen molar-refractivity contribution in [3.05, 3.63) is 83.3 Å². The van der Waals surface area contributed by atoms with E-state index in [1.807, 2.05) is 4.40 Å². The number of anilines is 1. The Bertz CT molecular complexity index is 1590. The number of aromatic nitrogens is 6. The van der Waals surface area contributed by atoms with Crippen LogP contribution in [0, 0.1) is 5.41 Å². The monoisotopic (exact) mass is 476 g/mol. The Morgan fingerprint density at radius 2 is 1.78 bits per heavy atom. The molecule has 8 rings (SSSR count). The van der Waals surface area contributed by atoms with Crippen LogP contribution in [0.5, 0.6) is 0 Å². The summed E-state index contributed by atoms with van der Waals surface area (Å²) in [6, 6.07) is 19.5. The first-order valence-electron chi connectivity index (χ1n) is 12.9. The van der Waals surface area contributed by atoms with Gasteiger partial charge in [0.05, 0.1) is 11.1 Å². The van der Waals surface area contributed by atoms with E-state index in [2.05, 4.69) is 74.8 Å². The minimum atomic E-state index is 0.104. The smallest absolute Gasteiger partial charge is 0.214 e. The van der Waals surface area contributed by atoms with Crippen molar-refractivity contribution < 1.29 is 0 Å². The molecular formula is C28H28N8. The molecule has 3 aromatic heterocycles. The van der Waals surface area contributed by atoms with Gasteiger partial charge in [0.25, 0.3) is 0 Å². The minimum Gasteiger partial charge on any atom is -0.342 e. The van der Waals surface area contributed by atoms with Gasteiger partial charge in [-0.15, -0.1) is 10.2 Å².